The second kappa shape index (κ2) is 5.27. The average molecular weight is 245 g/mol. The minimum Gasteiger partial charge on any atom is -0.330 e. The van der Waals surface area contributed by atoms with Gasteiger partial charge in [-0.25, -0.2) is 4.68 Å². The van der Waals surface area contributed by atoms with Crippen LogP contribution in [0.1, 0.15) is 29.1 Å². The maximum absolute atomic E-state index is 5.56. The molecule has 5 nitrogen and oxygen atoms in total. The van der Waals surface area contributed by atoms with E-state index in [1.54, 1.807) is 0 Å². The van der Waals surface area contributed by atoms with Gasteiger partial charge >= 0.3 is 0 Å². The molecule has 0 aliphatic heterocycles. The van der Waals surface area contributed by atoms with Gasteiger partial charge in [0.2, 0.25) is 0 Å². The lowest BCUT2D eigenvalue weighted by atomic mass is 10.1. The molecule has 96 valence electrons. The maximum atomic E-state index is 5.56. The molecule has 0 fully saturated rings. The van der Waals surface area contributed by atoms with Gasteiger partial charge in [-0.3, -0.25) is 0 Å². The number of aryl methyl sites for hydroxylation is 2. The molecule has 2 heterocycles. The van der Waals surface area contributed by atoms with Gasteiger partial charge in [-0.15, -0.1) is 5.10 Å². The molecule has 5 heteroatoms. The zero-order chi connectivity index (χ0) is 13.1. The Kier molecular flexibility index (Phi) is 3.72. The third-order valence-electron chi connectivity index (χ3n) is 3.07. The van der Waals surface area contributed by atoms with Crippen molar-refractivity contribution < 1.29 is 0 Å². The molecule has 18 heavy (non-hydrogen) atoms. The minimum atomic E-state index is 0.703. The van der Waals surface area contributed by atoms with E-state index in [2.05, 4.69) is 22.2 Å². The molecule has 2 aromatic rings. The molecule has 0 aliphatic carbocycles. The Balaban J connectivity index is 2.37. The van der Waals surface area contributed by atoms with Crippen LogP contribution < -0.4 is 5.73 Å². The molecule has 0 radical (unpaired) electrons. The summed E-state index contributed by atoms with van der Waals surface area (Å²) in [5.74, 6) is 0.764. The fourth-order valence-corrected chi connectivity index (χ4v) is 2.04. The number of hydrogen-bond donors (Lipinski definition) is 1. The summed E-state index contributed by atoms with van der Waals surface area (Å²) >= 11 is 0. The normalized spacial score (nSPS) is 10.9. The Hall–Kier alpha value is -1.75. The fourth-order valence-electron chi connectivity index (χ4n) is 2.04. The van der Waals surface area contributed by atoms with Crippen molar-refractivity contribution in [3.05, 3.63) is 34.8 Å². The van der Waals surface area contributed by atoms with Gasteiger partial charge in [-0.2, -0.15) is 10.2 Å². The highest BCUT2D eigenvalue weighted by molar-refractivity contribution is 5.32. The summed E-state index contributed by atoms with van der Waals surface area (Å²) < 4.78 is 1.85. The van der Waals surface area contributed by atoms with Gasteiger partial charge in [0.25, 0.3) is 0 Å². The fraction of sp³-hybridized carbons (Fsp3) is 0.462. The van der Waals surface area contributed by atoms with Crippen molar-refractivity contribution in [3.63, 3.8) is 0 Å². The molecule has 2 aromatic heterocycles. The molecule has 2 rings (SSSR count). The van der Waals surface area contributed by atoms with Crippen LogP contribution in [0.15, 0.2) is 12.1 Å². The zero-order valence-corrected chi connectivity index (χ0v) is 11.1. The van der Waals surface area contributed by atoms with Crippen molar-refractivity contribution >= 4 is 0 Å². The van der Waals surface area contributed by atoms with Gasteiger partial charge in [0, 0.05) is 5.69 Å². The molecule has 2 N–H and O–H groups in total. The van der Waals surface area contributed by atoms with Crippen molar-refractivity contribution in [2.24, 2.45) is 5.73 Å². The lowest BCUT2D eigenvalue weighted by Gasteiger charge is -2.03. The summed E-state index contributed by atoms with van der Waals surface area (Å²) in [6.07, 6.45) is 1.94. The van der Waals surface area contributed by atoms with Crippen LogP contribution in [0.3, 0.4) is 0 Å². The SMILES string of the molecule is Cc1ccc(-n2nc(C)c(CCCN)c2C)nn1. The van der Waals surface area contributed by atoms with Crippen molar-refractivity contribution in [2.45, 2.75) is 33.6 Å². The van der Waals surface area contributed by atoms with Crippen LogP contribution in [0, 0.1) is 20.8 Å². The minimum absolute atomic E-state index is 0.703. The highest BCUT2D eigenvalue weighted by Crippen LogP contribution is 2.17. The first kappa shape index (κ1) is 12.7. The molecule has 0 unspecified atom stereocenters. The standard InChI is InChI=1S/C13H19N5/c1-9-6-7-13(16-15-9)18-11(3)12(5-4-8-14)10(2)17-18/h6-7H,4-5,8,14H2,1-3H3. The summed E-state index contributed by atoms with van der Waals surface area (Å²) in [5.41, 5.74) is 9.90. The highest BCUT2D eigenvalue weighted by atomic mass is 15.3. The molecule has 0 saturated carbocycles. The Bertz CT molecular complexity index is 527. The Morgan fingerprint density at radius 1 is 1.17 bits per heavy atom. The second-order valence-corrected chi connectivity index (χ2v) is 4.49. The van der Waals surface area contributed by atoms with Gasteiger partial charge < -0.3 is 5.73 Å². The highest BCUT2D eigenvalue weighted by Gasteiger charge is 2.13. The van der Waals surface area contributed by atoms with E-state index in [-0.39, 0.29) is 0 Å². The summed E-state index contributed by atoms with van der Waals surface area (Å²) in [4.78, 5) is 0. The lowest BCUT2D eigenvalue weighted by molar-refractivity contribution is 0.773. The van der Waals surface area contributed by atoms with Gasteiger partial charge in [-0.05, 0) is 57.9 Å². The quantitative estimate of drug-likeness (QED) is 0.885. The largest absolute Gasteiger partial charge is 0.330 e. The van der Waals surface area contributed by atoms with E-state index in [0.717, 1.165) is 35.7 Å². The number of hydrogen-bond acceptors (Lipinski definition) is 4. The first-order valence-corrected chi connectivity index (χ1v) is 6.19. The predicted octanol–water partition coefficient (Wildman–Crippen LogP) is 1.48. The maximum Gasteiger partial charge on any atom is 0.175 e. The third-order valence-corrected chi connectivity index (χ3v) is 3.07. The molecule has 0 aliphatic rings. The van der Waals surface area contributed by atoms with E-state index in [0.29, 0.717) is 6.54 Å². The van der Waals surface area contributed by atoms with Gasteiger partial charge in [0.1, 0.15) is 0 Å². The molecular weight excluding hydrogens is 226 g/mol. The Labute approximate surface area is 107 Å². The van der Waals surface area contributed by atoms with Gasteiger partial charge in [-0.1, -0.05) is 0 Å². The number of aromatic nitrogens is 4. The van der Waals surface area contributed by atoms with E-state index >= 15 is 0 Å². The van der Waals surface area contributed by atoms with Crippen LogP contribution in [-0.4, -0.2) is 26.5 Å². The smallest absolute Gasteiger partial charge is 0.175 e. The van der Waals surface area contributed by atoms with E-state index < -0.39 is 0 Å². The zero-order valence-electron chi connectivity index (χ0n) is 11.1. The summed E-state index contributed by atoms with van der Waals surface area (Å²) in [7, 11) is 0. The lowest BCUT2D eigenvalue weighted by Crippen LogP contribution is -2.04. The molecule has 0 amide bonds. The van der Waals surface area contributed by atoms with E-state index in [1.807, 2.05) is 30.7 Å². The van der Waals surface area contributed by atoms with Crippen LogP contribution in [0.4, 0.5) is 0 Å². The van der Waals surface area contributed by atoms with Crippen molar-refractivity contribution in [1.82, 2.24) is 20.0 Å². The molecule has 0 spiro atoms. The first-order chi connectivity index (χ1) is 8.63. The Morgan fingerprint density at radius 2 is 1.94 bits per heavy atom. The van der Waals surface area contributed by atoms with E-state index in [9.17, 15) is 0 Å². The van der Waals surface area contributed by atoms with E-state index in [4.69, 9.17) is 5.73 Å². The van der Waals surface area contributed by atoms with Gasteiger partial charge in [0.15, 0.2) is 5.82 Å². The average Bonchev–Trinajstić information content (AvgIpc) is 2.64. The van der Waals surface area contributed by atoms with Gasteiger partial charge in [0.05, 0.1) is 11.4 Å². The molecule has 0 bridgehead atoms. The summed E-state index contributed by atoms with van der Waals surface area (Å²) in [6, 6.07) is 3.88. The first-order valence-electron chi connectivity index (χ1n) is 6.19. The van der Waals surface area contributed by atoms with Crippen molar-refractivity contribution in [1.29, 1.82) is 0 Å². The van der Waals surface area contributed by atoms with Crippen LogP contribution in [0.2, 0.25) is 0 Å². The molecular formula is C13H19N5. The Morgan fingerprint density at radius 3 is 2.56 bits per heavy atom. The topological polar surface area (TPSA) is 69.6 Å². The monoisotopic (exact) mass is 245 g/mol. The van der Waals surface area contributed by atoms with Crippen LogP contribution in [-0.2, 0) is 6.42 Å². The van der Waals surface area contributed by atoms with E-state index in [1.165, 1.54) is 5.56 Å². The number of nitrogens with zero attached hydrogens (tertiary/aromatic N) is 4. The van der Waals surface area contributed by atoms with Crippen LogP contribution >= 0.6 is 0 Å². The van der Waals surface area contributed by atoms with Crippen LogP contribution in [0.5, 0.6) is 0 Å². The third kappa shape index (κ3) is 2.41. The number of nitrogens with two attached hydrogens (primary N) is 1. The van der Waals surface area contributed by atoms with Crippen molar-refractivity contribution in [3.8, 4) is 5.82 Å². The summed E-state index contributed by atoms with van der Waals surface area (Å²) in [6.45, 7) is 6.71. The van der Waals surface area contributed by atoms with Crippen LogP contribution in [0.25, 0.3) is 5.82 Å². The molecule has 0 atom stereocenters. The predicted molar refractivity (Wildman–Crippen MR) is 70.7 cm³/mol. The number of rotatable bonds is 4. The van der Waals surface area contributed by atoms with Crippen molar-refractivity contribution in [2.75, 3.05) is 6.54 Å². The summed E-state index contributed by atoms with van der Waals surface area (Å²) in [5, 5.41) is 12.8. The second-order valence-electron chi connectivity index (χ2n) is 4.49. The molecule has 0 saturated heterocycles. The molecule has 0 aromatic carbocycles.